The molecule has 0 aliphatic rings. The van der Waals surface area contributed by atoms with Crippen LogP contribution in [0.4, 0.5) is 8.78 Å². The molecule has 0 aliphatic carbocycles. The largest absolute Gasteiger partial charge is 0.313 e. The van der Waals surface area contributed by atoms with Gasteiger partial charge in [-0.15, -0.1) is 11.3 Å². The van der Waals surface area contributed by atoms with E-state index in [1.165, 1.54) is 4.88 Å². The second-order valence-corrected chi connectivity index (χ2v) is 7.36. The van der Waals surface area contributed by atoms with Gasteiger partial charge in [0.15, 0.2) is 11.6 Å². The summed E-state index contributed by atoms with van der Waals surface area (Å²) >= 11 is 8.18. The summed E-state index contributed by atoms with van der Waals surface area (Å²) in [4.78, 5) is 1.17. The Balaban J connectivity index is 2.29. The normalized spacial score (nSPS) is 12.7. The predicted octanol–water partition coefficient (Wildman–Crippen LogP) is 5.05. The maximum atomic E-state index is 13.6. The average molecular weight is 411 g/mol. The van der Waals surface area contributed by atoms with Gasteiger partial charge < -0.3 is 5.32 Å². The molecule has 2 rings (SSSR count). The molecule has 1 aromatic carbocycles. The smallest absolute Gasteiger partial charge is 0.173 e. The van der Waals surface area contributed by atoms with E-state index in [-0.39, 0.29) is 10.5 Å². The Hall–Kier alpha value is -0.300. The number of nitrogens with one attached hydrogen (secondary N) is 1. The molecule has 1 aromatic heterocycles. The van der Waals surface area contributed by atoms with Crippen LogP contribution in [0.1, 0.15) is 16.5 Å². The van der Waals surface area contributed by atoms with Crippen molar-refractivity contribution in [3.63, 3.8) is 0 Å². The molecular formula is C13H11Br2F2NS. The minimum atomic E-state index is -0.843. The zero-order valence-corrected chi connectivity index (χ0v) is 14.0. The maximum Gasteiger partial charge on any atom is 0.173 e. The van der Waals surface area contributed by atoms with Crippen molar-refractivity contribution in [3.8, 4) is 0 Å². The molecule has 0 radical (unpaired) electrons. The summed E-state index contributed by atoms with van der Waals surface area (Å²) in [5.74, 6) is -1.69. The SMILES string of the molecule is CNC(Cc1ccc(Br)s1)c1ccc(F)c(F)c1Br. The number of halogens is 4. The van der Waals surface area contributed by atoms with E-state index in [0.717, 1.165) is 16.3 Å². The standard InChI is InChI=1S/C13H11Br2F2NS/c1-18-10(6-7-2-5-11(14)19-7)8-3-4-9(16)13(17)12(8)15/h2-5,10,18H,6H2,1H3. The topological polar surface area (TPSA) is 12.0 Å². The van der Waals surface area contributed by atoms with Crippen LogP contribution in [0.15, 0.2) is 32.5 Å². The molecule has 0 aliphatic heterocycles. The summed E-state index contributed by atoms with van der Waals surface area (Å²) in [6.45, 7) is 0. The van der Waals surface area contributed by atoms with Crippen LogP contribution >= 0.6 is 43.2 Å². The third-order valence-electron chi connectivity index (χ3n) is 2.82. The average Bonchev–Trinajstić information content (AvgIpc) is 2.80. The van der Waals surface area contributed by atoms with Gasteiger partial charge in [0.2, 0.25) is 0 Å². The van der Waals surface area contributed by atoms with Crippen molar-refractivity contribution in [3.05, 3.63) is 54.6 Å². The molecule has 19 heavy (non-hydrogen) atoms. The van der Waals surface area contributed by atoms with Gasteiger partial charge in [0.05, 0.1) is 8.26 Å². The fraction of sp³-hybridized carbons (Fsp3) is 0.231. The van der Waals surface area contributed by atoms with Crippen molar-refractivity contribution in [1.29, 1.82) is 0 Å². The summed E-state index contributed by atoms with van der Waals surface area (Å²) in [5, 5.41) is 3.14. The van der Waals surface area contributed by atoms with Crippen LogP contribution in [0.5, 0.6) is 0 Å². The Morgan fingerprint density at radius 2 is 1.95 bits per heavy atom. The fourth-order valence-corrected chi connectivity index (χ4v) is 3.97. The van der Waals surface area contributed by atoms with Crippen molar-refractivity contribution < 1.29 is 8.78 Å². The van der Waals surface area contributed by atoms with Gasteiger partial charge in [0, 0.05) is 17.3 Å². The van der Waals surface area contributed by atoms with Gasteiger partial charge in [-0.25, -0.2) is 8.78 Å². The molecule has 6 heteroatoms. The molecule has 0 saturated carbocycles. The number of thiophene rings is 1. The molecule has 0 spiro atoms. The van der Waals surface area contributed by atoms with Crippen LogP contribution in [0.3, 0.4) is 0 Å². The van der Waals surface area contributed by atoms with E-state index < -0.39 is 11.6 Å². The zero-order valence-electron chi connectivity index (χ0n) is 10.0. The Labute approximate surface area is 131 Å². The van der Waals surface area contributed by atoms with Crippen LogP contribution in [0.2, 0.25) is 0 Å². The zero-order chi connectivity index (χ0) is 14.0. The Morgan fingerprint density at radius 1 is 1.21 bits per heavy atom. The lowest BCUT2D eigenvalue weighted by Crippen LogP contribution is -2.19. The summed E-state index contributed by atoms with van der Waals surface area (Å²) < 4.78 is 27.9. The first kappa shape index (κ1) is 15.1. The molecule has 1 heterocycles. The third-order valence-corrected chi connectivity index (χ3v) is 5.28. The summed E-state index contributed by atoms with van der Waals surface area (Å²) in [6, 6.07) is 6.69. The Morgan fingerprint density at radius 3 is 2.53 bits per heavy atom. The molecule has 1 N–H and O–H groups in total. The number of hydrogen-bond acceptors (Lipinski definition) is 2. The Kier molecular flexibility index (Phi) is 5.11. The molecular weight excluding hydrogens is 400 g/mol. The van der Waals surface area contributed by atoms with Crippen molar-refractivity contribution in [2.45, 2.75) is 12.5 Å². The van der Waals surface area contributed by atoms with Crippen molar-refractivity contribution in [2.75, 3.05) is 7.05 Å². The van der Waals surface area contributed by atoms with Crippen LogP contribution in [-0.4, -0.2) is 7.05 Å². The van der Waals surface area contributed by atoms with Gasteiger partial charge in [-0.2, -0.15) is 0 Å². The number of hydrogen-bond donors (Lipinski definition) is 1. The summed E-state index contributed by atoms with van der Waals surface area (Å²) in [6.07, 6.45) is 0.719. The van der Waals surface area contributed by atoms with E-state index in [4.69, 9.17) is 0 Å². The highest BCUT2D eigenvalue weighted by Gasteiger charge is 2.18. The fourth-order valence-electron chi connectivity index (χ4n) is 1.84. The molecule has 1 atom stereocenters. The minimum Gasteiger partial charge on any atom is -0.313 e. The molecule has 1 unspecified atom stereocenters. The molecule has 0 fully saturated rings. The first-order chi connectivity index (χ1) is 9.02. The van der Waals surface area contributed by atoms with Crippen molar-refractivity contribution in [1.82, 2.24) is 5.32 Å². The molecule has 102 valence electrons. The first-order valence-electron chi connectivity index (χ1n) is 5.57. The maximum absolute atomic E-state index is 13.6. The van der Waals surface area contributed by atoms with Gasteiger partial charge in [-0.1, -0.05) is 6.07 Å². The molecule has 1 nitrogen and oxygen atoms in total. The lowest BCUT2D eigenvalue weighted by Gasteiger charge is -2.18. The van der Waals surface area contributed by atoms with E-state index in [9.17, 15) is 8.78 Å². The highest BCUT2D eigenvalue weighted by molar-refractivity contribution is 9.11. The minimum absolute atomic E-state index is 0.0741. The van der Waals surface area contributed by atoms with E-state index >= 15 is 0 Å². The van der Waals surface area contributed by atoms with Gasteiger partial charge in [-0.3, -0.25) is 0 Å². The van der Waals surface area contributed by atoms with E-state index in [1.54, 1.807) is 24.5 Å². The second kappa shape index (κ2) is 6.43. The number of benzene rings is 1. The molecule has 2 aromatic rings. The van der Waals surface area contributed by atoms with Gasteiger partial charge in [0.25, 0.3) is 0 Å². The van der Waals surface area contributed by atoms with Gasteiger partial charge in [0.1, 0.15) is 0 Å². The van der Waals surface area contributed by atoms with E-state index in [1.807, 2.05) is 12.1 Å². The number of likely N-dealkylation sites (N-methyl/N-ethyl adjacent to an activating group) is 1. The van der Waals surface area contributed by atoms with Crippen molar-refractivity contribution in [2.24, 2.45) is 0 Å². The van der Waals surface area contributed by atoms with Crippen LogP contribution in [0, 0.1) is 11.6 Å². The quantitative estimate of drug-likeness (QED) is 0.695. The highest BCUT2D eigenvalue weighted by atomic mass is 79.9. The predicted molar refractivity (Wildman–Crippen MR) is 81.6 cm³/mol. The first-order valence-corrected chi connectivity index (χ1v) is 7.98. The monoisotopic (exact) mass is 409 g/mol. The summed E-state index contributed by atoms with van der Waals surface area (Å²) in [7, 11) is 1.81. The third kappa shape index (κ3) is 3.42. The summed E-state index contributed by atoms with van der Waals surface area (Å²) in [5.41, 5.74) is 0.714. The molecule has 0 saturated heterocycles. The molecule has 0 bridgehead atoms. The van der Waals surface area contributed by atoms with Crippen molar-refractivity contribution >= 4 is 43.2 Å². The lowest BCUT2D eigenvalue weighted by molar-refractivity contribution is 0.495. The Bertz CT molecular complexity index is 586. The highest BCUT2D eigenvalue weighted by Crippen LogP contribution is 2.32. The van der Waals surface area contributed by atoms with Gasteiger partial charge >= 0.3 is 0 Å². The number of rotatable bonds is 4. The second-order valence-electron chi connectivity index (χ2n) is 4.02. The van der Waals surface area contributed by atoms with E-state index in [0.29, 0.717) is 5.56 Å². The molecule has 0 amide bonds. The van der Waals surface area contributed by atoms with Gasteiger partial charge in [-0.05, 0) is 62.7 Å². The van der Waals surface area contributed by atoms with Crippen LogP contribution in [0.25, 0.3) is 0 Å². The van der Waals surface area contributed by atoms with Crippen LogP contribution in [-0.2, 0) is 6.42 Å². The van der Waals surface area contributed by atoms with E-state index in [2.05, 4.69) is 37.2 Å². The lowest BCUT2D eigenvalue weighted by atomic mass is 10.0. The van der Waals surface area contributed by atoms with Crippen LogP contribution < -0.4 is 5.32 Å².